The molecule has 1 aliphatic carbocycles. The quantitative estimate of drug-likeness (QED) is 0.507. The van der Waals surface area contributed by atoms with E-state index in [1.165, 1.54) is 0 Å². The number of sulfonamides is 1. The van der Waals surface area contributed by atoms with Crippen molar-refractivity contribution < 1.29 is 32.2 Å². The number of hydrazone groups is 1. The van der Waals surface area contributed by atoms with Gasteiger partial charge in [0.05, 0.1) is 35.8 Å². The highest BCUT2D eigenvalue weighted by Gasteiger charge is 2.50. The largest absolute Gasteiger partial charge is 0.444 e. The molecule has 1 aromatic carbocycles. The molecule has 0 radical (unpaired) electrons. The monoisotopic (exact) mass is 564 g/mol. The van der Waals surface area contributed by atoms with Gasteiger partial charge in [-0.05, 0) is 78.4 Å². The van der Waals surface area contributed by atoms with E-state index in [-0.39, 0.29) is 30.1 Å². The summed E-state index contributed by atoms with van der Waals surface area (Å²) in [5.41, 5.74) is 0.354. The molecule has 4 rings (SSSR count). The highest BCUT2D eigenvalue weighted by molar-refractivity contribution is 7.89. The number of morpholine rings is 1. The van der Waals surface area contributed by atoms with Crippen molar-refractivity contribution in [3.8, 4) is 0 Å². The van der Waals surface area contributed by atoms with Crippen LogP contribution in [-0.2, 0) is 29.0 Å². The number of piperidine rings is 1. The zero-order valence-electron chi connectivity index (χ0n) is 23.2. The summed E-state index contributed by atoms with van der Waals surface area (Å²) in [7, 11) is -3.73. The molecule has 2 atom stereocenters. The molecule has 39 heavy (non-hydrogen) atoms. The number of nitrogens with zero attached hydrogens (tertiary/aromatic N) is 2. The Morgan fingerprint density at radius 1 is 1.23 bits per heavy atom. The van der Waals surface area contributed by atoms with E-state index in [9.17, 15) is 18.0 Å². The molecule has 216 valence electrons. The molecule has 1 saturated carbocycles. The molecule has 2 saturated heterocycles. The van der Waals surface area contributed by atoms with Gasteiger partial charge in [0.2, 0.25) is 5.91 Å². The Kier molecular flexibility index (Phi) is 8.87. The number of carbonyl (C=O) groups is 2. The first kappa shape index (κ1) is 29.3. The van der Waals surface area contributed by atoms with Crippen LogP contribution >= 0.6 is 0 Å². The van der Waals surface area contributed by atoms with Gasteiger partial charge in [-0.2, -0.15) is 13.5 Å². The Hall–Kier alpha value is -2.70. The fraction of sp³-hybridized carbons (Fsp3) is 0.667. The summed E-state index contributed by atoms with van der Waals surface area (Å²) in [6, 6.07) is 6.16. The molecule has 11 nitrogen and oxygen atoms in total. The van der Waals surface area contributed by atoms with E-state index in [4.69, 9.17) is 14.2 Å². The van der Waals surface area contributed by atoms with E-state index in [1.807, 2.05) is 27.7 Å². The van der Waals surface area contributed by atoms with Gasteiger partial charge in [-0.1, -0.05) is 17.7 Å². The van der Waals surface area contributed by atoms with Crippen molar-refractivity contribution in [2.45, 2.75) is 94.4 Å². The molecular weight excluding hydrogens is 524 g/mol. The fourth-order valence-electron chi connectivity index (χ4n) is 5.29. The maximum Gasteiger partial charge on any atom is 0.410 e. The number of aryl methyl sites for hydroxylation is 1. The lowest BCUT2D eigenvalue weighted by Gasteiger charge is -2.51. The second kappa shape index (κ2) is 11.8. The second-order valence-electron chi connectivity index (χ2n) is 11.6. The molecule has 2 N–H and O–H groups in total. The van der Waals surface area contributed by atoms with Crippen molar-refractivity contribution in [2.75, 3.05) is 26.4 Å². The van der Waals surface area contributed by atoms with Crippen molar-refractivity contribution in [3.63, 3.8) is 0 Å². The lowest BCUT2D eigenvalue weighted by molar-refractivity contribution is -0.144. The zero-order valence-corrected chi connectivity index (χ0v) is 24.0. The number of hydrogen-bond acceptors (Lipinski definition) is 8. The standard InChI is InChI=1S/C27H40N4O7S/c1-19-6-12-22(13-7-19)39(34,35)30-29-20-8-10-21(11-9-20)37-16-23-27(18-36-17-24(32)28-27)14-5-15-31(23)25(33)38-26(2,3)4/h6-7,12-13,21,23,30H,5,8-11,14-18H2,1-4H3,(H,28,32)/t21?,23-,27+/m0/s1. The first-order valence-corrected chi connectivity index (χ1v) is 15.0. The first-order chi connectivity index (χ1) is 18.4. The number of benzene rings is 1. The number of amides is 2. The lowest BCUT2D eigenvalue weighted by Crippen LogP contribution is -2.72. The summed E-state index contributed by atoms with van der Waals surface area (Å²) in [4.78, 5) is 29.6. The number of rotatable bonds is 6. The van der Waals surface area contributed by atoms with Crippen LogP contribution in [0.5, 0.6) is 0 Å². The van der Waals surface area contributed by atoms with Crippen LogP contribution in [0.1, 0.15) is 64.9 Å². The van der Waals surface area contributed by atoms with Crippen LogP contribution < -0.4 is 10.1 Å². The summed E-state index contributed by atoms with van der Waals surface area (Å²) < 4.78 is 42.7. The first-order valence-electron chi connectivity index (χ1n) is 13.5. The number of nitrogens with one attached hydrogen (secondary N) is 2. The van der Waals surface area contributed by atoms with Gasteiger partial charge in [0.25, 0.3) is 10.0 Å². The van der Waals surface area contributed by atoms with Gasteiger partial charge < -0.3 is 24.4 Å². The summed E-state index contributed by atoms with van der Waals surface area (Å²) in [5, 5.41) is 7.27. The predicted octanol–water partition coefficient (Wildman–Crippen LogP) is 2.87. The van der Waals surface area contributed by atoms with E-state index in [0.29, 0.717) is 51.7 Å². The van der Waals surface area contributed by atoms with Gasteiger partial charge in [0.1, 0.15) is 12.2 Å². The highest BCUT2D eigenvalue weighted by atomic mass is 32.2. The van der Waals surface area contributed by atoms with Crippen LogP contribution in [0.3, 0.4) is 0 Å². The van der Waals surface area contributed by atoms with Gasteiger partial charge in [-0.15, -0.1) is 0 Å². The smallest absolute Gasteiger partial charge is 0.410 e. The van der Waals surface area contributed by atoms with Crippen LogP contribution in [0, 0.1) is 6.92 Å². The SMILES string of the molecule is Cc1ccc(S(=O)(=O)NN=C2CCC(OC[C@@H]3N(C(=O)OC(C)(C)C)CCC[C@@]34COCC(=O)N4)CC2)cc1. The lowest BCUT2D eigenvalue weighted by atomic mass is 9.81. The summed E-state index contributed by atoms with van der Waals surface area (Å²) >= 11 is 0. The molecule has 2 amide bonds. The molecule has 0 aromatic heterocycles. The second-order valence-corrected chi connectivity index (χ2v) is 13.3. The molecule has 0 unspecified atom stereocenters. The molecule has 1 aromatic rings. The minimum absolute atomic E-state index is 0.000169. The normalized spacial score (nSPS) is 26.2. The number of likely N-dealkylation sites (tertiary alicyclic amines) is 1. The number of hydrogen-bond donors (Lipinski definition) is 2. The zero-order chi connectivity index (χ0) is 28.3. The molecule has 3 aliphatic rings. The van der Waals surface area contributed by atoms with E-state index in [2.05, 4.69) is 15.2 Å². The molecule has 2 heterocycles. The van der Waals surface area contributed by atoms with Crippen LogP contribution in [0.2, 0.25) is 0 Å². The molecule has 2 aliphatic heterocycles. The van der Waals surface area contributed by atoms with Crippen molar-refractivity contribution in [2.24, 2.45) is 5.10 Å². The van der Waals surface area contributed by atoms with Gasteiger partial charge in [0, 0.05) is 12.3 Å². The topological polar surface area (TPSA) is 136 Å². The van der Waals surface area contributed by atoms with E-state index >= 15 is 0 Å². The maximum absolute atomic E-state index is 13.1. The Labute approximate surface area is 230 Å². The molecule has 3 fully saturated rings. The molecular formula is C27H40N4O7S. The maximum atomic E-state index is 13.1. The average molecular weight is 565 g/mol. The molecule has 0 bridgehead atoms. The third-order valence-electron chi connectivity index (χ3n) is 7.30. The number of carbonyl (C=O) groups excluding carboxylic acids is 2. The third-order valence-corrected chi connectivity index (χ3v) is 8.52. The third kappa shape index (κ3) is 7.49. The van der Waals surface area contributed by atoms with Crippen LogP contribution in [-0.4, -0.2) is 80.7 Å². The predicted molar refractivity (Wildman–Crippen MR) is 145 cm³/mol. The Morgan fingerprint density at radius 2 is 1.92 bits per heavy atom. The van der Waals surface area contributed by atoms with Crippen LogP contribution in [0.25, 0.3) is 0 Å². The minimum Gasteiger partial charge on any atom is -0.444 e. The van der Waals surface area contributed by atoms with Gasteiger partial charge in [-0.25, -0.2) is 9.63 Å². The van der Waals surface area contributed by atoms with Crippen molar-refractivity contribution in [1.29, 1.82) is 0 Å². The molecule has 12 heteroatoms. The summed E-state index contributed by atoms with van der Waals surface area (Å²) in [5.74, 6) is -0.205. The average Bonchev–Trinajstić information content (AvgIpc) is 2.86. The Balaban J connectivity index is 1.37. The van der Waals surface area contributed by atoms with Crippen LogP contribution in [0.4, 0.5) is 4.79 Å². The minimum atomic E-state index is -3.73. The molecule has 1 spiro atoms. The summed E-state index contributed by atoms with van der Waals surface area (Å²) in [6.07, 6.45) is 3.38. The Bertz CT molecular complexity index is 1170. The van der Waals surface area contributed by atoms with E-state index in [1.54, 1.807) is 29.2 Å². The van der Waals surface area contributed by atoms with Crippen molar-refractivity contribution in [1.82, 2.24) is 15.0 Å². The van der Waals surface area contributed by atoms with Crippen LogP contribution in [0.15, 0.2) is 34.3 Å². The van der Waals surface area contributed by atoms with Gasteiger partial charge in [-0.3, -0.25) is 4.79 Å². The van der Waals surface area contributed by atoms with Crippen molar-refractivity contribution >= 4 is 27.7 Å². The Morgan fingerprint density at radius 3 is 2.56 bits per heavy atom. The number of ether oxygens (including phenoxy) is 3. The summed E-state index contributed by atoms with van der Waals surface area (Å²) in [6.45, 7) is 8.39. The van der Waals surface area contributed by atoms with Gasteiger partial charge >= 0.3 is 6.09 Å². The van der Waals surface area contributed by atoms with Gasteiger partial charge in [0.15, 0.2) is 0 Å². The highest BCUT2D eigenvalue weighted by Crippen LogP contribution is 2.33. The van der Waals surface area contributed by atoms with E-state index < -0.39 is 33.3 Å². The van der Waals surface area contributed by atoms with Crippen molar-refractivity contribution in [3.05, 3.63) is 29.8 Å². The van der Waals surface area contributed by atoms with E-state index in [0.717, 1.165) is 11.3 Å². The fourth-order valence-corrected chi connectivity index (χ4v) is 6.14.